The number of morpholine rings is 1. The lowest BCUT2D eigenvalue weighted by molar-refractivity contribution is 0.0303. The topological polar surface area (TPSA) is 68.5 Å². The second kappa shape index (κ2) is 4.85. The van der Waals surface area contributed by atoms with Gasteiger partial charge in [0.05, 0.1) is 24.3 Å². The number of benzene rings is 1. The Morgan fingerprint density at radius 1 is 1.26 bits per heavy atom. The first-order chi connectivity index (χ1) is 9.24. The smallest absolute Gasteiger partial charge is 0.255 e. The van der Waals surface area contributed by atoms with Crippen molar-refractivity contribution in [1.29, 1.82) is 0 Å². The summed E-state index contributed by atoms with van der Waals surface area (Å²) in [5, 5.41) is 0.924. The maximum Gasteiger partial charge on any atom is 0.255 e. The number of nitrogen functional groups attached to an aromatic ring is 1. The molecule has 2 N–H and O–H groups in total. The van der Waals surface area contributed by atoms with Crippen LogP contribution in [0, 0.1) is 0 Å². The van der Waals surface area contributed by atoms with Crippen molar-refractivity contribution in [3.63, 3.8) is 0 Å². The minimum Gasteiger partial charge on any atom is -0.399 e. The van der Waals surface area contributed by atoms with E-state index in [4.69, 9.17) is 10.5 Å². The molecule has 0 aliphatic carbocycles. The van der Waals surface area contributed by atoms with Gasteiger partial charge in [0.25, 0.3) is 5.91 Å². The number of nitrogens with zero attached hydrogens (tertiary/aromatic N) is 2. The van der Waals surface area contributed by atoms with Crippen LogP contribution in [0.2, 0.25) is 0 Å². The van der Waals surface area contributed by atoms with Crippen molar-refractivity contribution in [2.75, 3.05) is 32.0 Å². The zero-order valence-corrected chi connectivity index (χ0v) is 10.5. The maximum absolute atomic E-state index is 12.3. The molecule has 1 aliphatic heterocycles. The molecule has 1 saturated heterocycles. The zero-order valence-electron chi connectivity index (χ0n) is 10.5. The molecule has 1 fully saturated rings. The van der Waals surface area contributed by atoms with Gasteiger partial charge in [0.1, 0.15) is 0 Å². The van der Waals surface area contributed by atoms with E-state index in [2.05, 4.69) is 4.98 Å². The molecule has 1 aromatic heterocycles. The Morgan fingerprint density at radius 2 is 2.05 bits per heavy atom. The summed E-state index contributed by atoms with van der Waals surface area (Å²) in [5.41, 5.74) is 7.80. The minimum atomic E-state index is 0.00882. The van der Waals surface area contributed by atoms with Crippen LogP contribution in [-0.2, 0) is 4.74 Å². The number of ether oxygens (including phenoxy) is 1. The highest BCUT2D eigenvalue weighted by Crippen LogP contribution is 2.17. The molecule has 5 nitrogen and oxygen atoms in total. The number of hydrogen-bond donors (Lipinski definition) is 1. The van der Waals surface area contributed by atoms with E-state index in [-0.39, 0.29) is 5.91 Å². The molecule has 5 heteroatoms. The molecular weight excluding hydrogens is 242 g/mol. The number of hydrogen-bond acceptors (Lipinski definition) is 4. The van der Waals surface area contributed by atoms with Crippen LogP contribution in [0.4, 0.5) is 5.69 Å². The van der Waals surface area contributed by atoms with E-state index >= 15 is 0 Å². The fourth-order valence-electron chi connectivity index (χ4n) is 2.20. The molecule has 0 atom stereocenters. The van der Waals surface area contributed by atoms with Crippen molar-refractivity contribution in [2.24, 2.45) is 0 Å². The van der Waals surface area contributed by atoms with Crippen molar-refractivity contribution in [2.45, 2.75) is 0 Å². The van der Waals surface area contributed by atoms with Crippen molar-refractivity contribution in [3.8, 4) is 0 Å². The first-order valence-corrected chi connectivity index (χ1v) is 6.26. The summed E-state index contributed by atoms with van der Waals surface area (Å²) in [7, 11) is 0. The second-order valence-electron chi connectivity index (χ2n) is 4.58. The Morgan fingerprint density at radius 3 is 2.84 bits per heavy atom. The highest BCUT2D eigenvalue weighted by molar-refractivity contribution is 5.97. The number of fused-ring (bicyclic) bond motifs is 1. The third-order valence-electron chi connectivity index (χ3n) is 3.25. The number of anilines is 1. The first-order valence-electron chi connectivity index (χ1n) is 6.26. The monoisotopic (exact) mass is 257 g/mol. The number of carbonyl (C=O) groups excluding carboxylic acids is 1. The molecule has 0 bridgehead atoms. The average Bonchev–Trinajstić information content (AvgIpc) is 2.47. The summed E-state index contributed by atoms with van der Waals surface area (Å²) >= 11 is 0. The van der Waals surface area contributed by atoms with E-state index in [0.29, 0.717) is 37.6 Å². The molecule has 19 heavy (non-hydrogen) atoms. The standard InChI is InChI=1S/C14H15N3O2/c15-12-2-1-10-7-11(9-16-13(10)8-12)14(18)17-3-5-19-6-4-17/h1-2,7-9H,3-6,15H2. The van der Waals surface area contributed by atoms with Gasteiger partial charge in [0.2, 0.25) is 0 Å². The van der Waals surface area contributed by atoms with E-state index in [1.807, 2.05) is 18.2 Å². The molecule has 1 aliphatic rings. The third-order valence-corrected chi connectivity index (χ3v) is 3.25. The largest absolute Gasteiger partial charge is 0.399 e. The van der Waals surface area contributed by atoms with Gasteiger partial charge in [-0.3, -0.25) is 9.78 Å². The molecular formula is C14H15N3O2. The number of pyridine rings is 1. The van der Waals surface area contributed by atoms with Crippen molar-refractivity contribution in [1.82, 2.24) is 9.88 Å². The SMILES string of the molecule is Nc1ccc2cc(C(=O)N3CCOCC3)cnc2c1. The van der Waals surface area contributed by atoms with Crippen molar-refractivity contribution in [3.05, 3.63) is 36.0 Å². The summed E-state index contributed by atoms with van der Waals surface area (Å²) in [6, 6.07) is 7.36. The molecule has 1 amide bonds. The lowest BCUT2D eigenvalue weighted by atomic mass is 10.1. The number of carbonyl (C=O) groups is 1. The van der Waals surface area contributed by atoms with Crippen LogP contribution in [0.3, 0.4) is 0 Å². The van der Waals surface area contributed by atoms with Gasteiger partial charge in [-0.1, -0.05) is 6.07 Å². The summed E-state index contributed by atoms with van der Waals surface area (Å²) in [5.74, 6) is 0.00882. The zero-order chi connectivity index (χ0) is 13.2. The van der Waals surface area contributed by atoms with E-state index < -0.39 is 0 Å². The molecule has 0 radical (unpaired) electrons. The van der Waals surface area contributed by atoms with Crippen molar-refractivity contribution >= 4 is 22.5 Å². The Bertz CT molecular complexity index is 621. The second-order valence-corrected chi connectivity index (χ2v) is 4.58. The van der Waals surface area contributed by atoms with E-state index in [0.717, 1.165) is 10.9 Å². The lowest BCUT2D eigenvalue weighted by Crippen LogP contribution is -2.40. The molecule has 2 heterocycles. The first kappa shape index (κ1) is 11.9. The molecule has 98 valence electrons. The van der Waals surface area contributed by atoms with Crippen LogP contribution in [0.25, 0.3) is 10.9 Å². The summed E-state index contributed by atoms with van der Waals surface area (Å²) in [6.07, 6.45) is 1.61. The lowest BCUT2D eigenvalue weighted by Gasteiger charge is -2.26. The van der Waals surface area contributed by atoms with Gasteiger partial charge in [0.15, 0.2) is 0 Å². The Balaban J connectivity index is 1.92. The van der Waals surface area contributed by atoms with E-state index in [1.165, 1.54) is 0 Å². The Kier molecular flexibility index (Phi) is 3.05. The Hall–Kier alpha value is -2.14. The summed E-state index contributed by atoms with van der Waals surface area (Å²) < 4.78 is 5.25. The number of nitrogens with two attached hydrogens (primary N) is 1. The fraction of sp³-hybridized carbons (Fsp3) is 0.286. The normalized spacial score (nSPS) is 15.7. The van der Waals surface area contributed by atoms with Crippen LogP contribution in [-0.4, -0.2) is 42.1 Å². The van der Waals surface area contributed by atoms with E-state index in [1.54, 1.807) is 17.2 Å². The number of rotatable bonds is 1. The minimum absolute atomic E-state index is 0.00882. The highest BCUT2D eigenvalue weighted by atomic mass is 16.5. The molecule has 3 rings (SSSR count). The van der Waals surface area contributed by atoms with Gasteiger partial charge in [0, 0.05) is 30.4 Å². The predicted octanol–water partition coefficient (Wildman–Crippen LogP) is 1.29. The van der Waals surface area contributed by atoms with Crippen LogP contribution >= 0.6 is 0 Å². The Labute approximate surface area is 111 Å². The molecule has 0 spiro atoms. The van der Waals surface area contributed by atoms with Gasteiger partial charge >= 0.3 is 0 Å². The van der Waals surface area contributed by atoms with Crippen LogP contribution in [0.5, 0.6) is 0 Å². The predicted molar refractivity (Wildman–Crippen MR) is 72.9 cm³/mol. The van der Waals surface area contributed by atoms with Crippen molar-refractivity contribution < 1.29 is 9.53 Å². The van der Waals surface area contributed by atoms with Gasteiger partial charge in [-0.15, -0.1) is 0 Å². The molecule has 1 aromatic carbocycles. The third kappa shape index (κ3) is 2.37. The number of aromatic nitrogens is 1. The van der Waals surface area contributed by atoms with Crippen LogP contribution in [0.15, 0.2) is 30.5 Å². The maximum atomic E-state index is 12.3. The average molecular weight is 257 g/mol. The highest BCUT2D eigenvalue weighted by Gasteiger charge is 2.18. The van der Waals surface area contributed by atoms with E-state index in [9.17, 15) is 4.79 Å². The van der Waals surface area contributed by atoms with Gasteiger partial charge in [-0.2, -0.15) is 0 Å². The van der Waals surface area contributed by atoms with Gasteiger partial charge < -0.3 is 15.4 Å². The molecule has 0 unspecified atom stereocenters. The van der Waals surface area contributed by atoms with Gasteiger partial charge in [-0.05, 0) is 18.2 Å². The number of amides is 1. The molecule has 2 aromatic rings. The van der Waals surface area contributed by atoms with Crippen LogP contribution < -0.4 is 5.73 Å². The van der Waals surface area contributed by atoms with Gasteiger partial charge in [-0.25, -0.2) is 0 Å². The quantitative estimate of drug-likeness (QED) is 0.782. The molecule has 0 saturated carbocycles. The van der Waals surface area contributed by atoms with Crippen LogP contribution in [0.1, 0.15) is 10.4 Å². The fourth-order valence-corrected chi connectivity index (χ4v) is 2.20. The summed E-state index contributed by atoms with van der Waals surface area (Å²) in [6.45, 7) is 2.48. The summed E-state index contributed by atoms with van der Waals surface area (Å²) in [4.78, 5) is 18.4.